The van der Waals surface area contributed by atoms with E-state index in [1.165, 1.54) is 5.56 Å². The lowest BCUT2D eigenvalue weighted by Crippen LogP contribution is -2.37. The molecule has 1 aliphatic heterocycles. The first-order valence-electron chi connectivity index (χ1n) is 11.1. The molecule has 0 spiro atoms. The molecule has 0 radical (unpaired) electrons. The summed E-state index contributed by atoms with van der Waals surface area (Å²) in [4.78, 5) is 22.8. The summed E-state index contributed by atoms with van der Waals surface area (Å²) in [5.41, 5.74) is 5.15. The number of carbonyl (C=O) groups excluding carboxylic acids is 1. The molecular formula is C27H25ClN4O. The number of nitriles is 1. The van der Waals surface area contributed by atoms with E-state index in [-0.39, 0.29) is 5.91 Å². The number of benzene rings is 2. The molecule has 0 aliphatic carbocycles. The van der Waals surface area contributed by atoms with Crippen LogP contribution in [0.5, 0.6) is 0 Å². The molecule has 0 saturated carbocycles. The number of terminal acetylenes is 1. The summed E-state index contributed by atoms with van der Waals surface area (Å²) in [6.07, 6.45) is 8.37. The number of hydrogen-bond acceptors (Lipinski definition) is 3. The van der Waals surface area contributed by atoms with Crippen molar-refractivity contribution in [3.05, 3.63) is 75.7 Å². The second-order valence-corrected chi connectivity index (χ2v) is 8.74. The highest BCUT2D eigenvalue weighted by Gasteiger charge is 2.25. The number of halogens is 1. The molecule has 5 nitrogen and oxygen atoms in total. The minimum absolute atomic E-state index is 0.0257. The van der Waals surface area contributed by atoms with E-state index in [1.54, 1.807) is 0 Å². The maximum absolute atomic E-state index is 13.3. The van der Waals surface area contributed by atoms with Gasteiger partial charge < -0.3 is 9.88 Å². The Bertz CT molecular complexity index is 1240. The van der Waals surface area contributed by atoms with Crippen LogP contribution in [-0.2, 0) is 6.42 Å². The van der Waals surface area contributed by atoms with Crippen LogP contribution in [0.25, 0.3) is 11.3 Å². The first-order chi connectivity index (χ1) is 16.0. The molecule has 3 aromatic rings. The molecule has 2 aromatic carbocycles. The molecule has 2 heterocycles. The highest BCUT2D eigenvalue weighted by atomic mass is 35.5. The Kier molecular flexibility index (Phi) is 6.82. The molecule has 0 unspecified atom stereocenters. The number of amides is 1. The SMILES string of the molecule is C#CCCc1nc(Cl)c(-c2cc(C(=O)N3CCC(c4ccc(C#N)cc4)CC3)ccc2C)[nH]1. The predicted molar refractivity (Wildman–Crippen MR) is 130 cm³/mol. The van der Waals surface area contributed by atoms with Crippen molar-refractivity contribution in [3.63, 3.8) is 0 Å². The fraction of sp³-hybridized carbons (Fsp3) is 0.296. The molecular weight excluding hydrogens is 432 g/mol. The molecule has 33 heavy (non-hydrogen) atoms. The zero-order chi connectivity index (χ0) is 23.4. The quantitative estimate of drug-likeness (QED) is 0.515. The van der Waals surface area contributed by atoms with Crippen molar-refractivity contribution in [2.45, 2.75) is 38.5 Å². The van der Waals surface area contributed by atoms with Crippen LogP contribution in [0, 0.1) is 30.6 Å². The third-order valence-corrected chi connectivity index (χ3v) is 6.54. The smallest absolute Gasteiger partial charge is 0.253 e. The standard InChI is InChI=1S/C27H25ClN4O/c1-3-4-5-24-30-25(26(28)31-24)23-16-22(9-6-18(23)2)27(33)32-14-12-21(13-15-32)20-10-7-19(17-29)8-11-20/h1,6-11,16,21H,4-5,12-15H2,2H3,(H,30,31). The van der Waals surface area contributed by atoms with Crippen LogP contribution in [0.4, 0.5) is 0 Å². The fourth-order valence-electron chi connectivity index (χ4n) is 4.34. The zero-order valence-corrected chi connectivity index (χ0v) is 19.3. The van der Waals surface area contributed by atoms with Gasteiger partial charge in [-0.2, -0.15) is 5.26 Å². The van der Waals surface area contributed by atoms with E-state index in [1.807, 2.05) is 54.3 Å². The summed E-state index contributed by atoms with van der Waals surface area (Å²) in [7, 11) is 0. The lowest BCUT2D eigenvalue weighted by molar-refractivity contribution is 0.0713. The molecule has 4 rings (SSSR count). The minimum Gasteiger partial charge on any atom is -0.341 e. The maximum atomic E-state index is 13.3. The first-order valence-corrected chi connectivity index (χ1v) is 11.5. The second-order valence-electron chi connectivity index (χ2n) is 8.38. The number of likely N-dealkylation sites (tertiary alicyclic amines) is 1. The summed E-state index contributed by atoms with van der Waals surface area (Å²) in [5.74, 6) is 3.78. The summed E-state index contributed by atoms with van der Waals surface area (Å²) in [6, 6.07) is 15.6. The number of aromatic nitrogens is 2. The molecule has 166 valence electrons. The van der Waals surface area contributed by atoms with Crippen LogP contribution in [0.15, 0.2) is 42.5 Å². The molecule has 1 aliphatic rings. The number of carbonyl (C=O) groups is 1. The van der Waals surface area contributed by atoms with Gasteiger partial charge in [0.05, 0.1) is 17.3 Å². The molecule has 0 atom stereocenters. The Morgan fingerprint density at radius 3 is 2.64 bits per heavy atom. The average molecular weight is 457 g/mol. The predicted octanol–water partition coefficient (Wildman–Crippen LogP) is 5.50. The van der Waals surface area contributed by atoms with Gasteiger partial charge in [-0.1, -0.05) is 29.8 Å². The number of hydrogen-bond donors (Lipinski definition) is 1. The number of H-pyrrole nitrogens is 1. The summed E-state index contributed by atoms with van der Waals surface area (Å²) < 4.78 is 0. The normalized spacial score (nSPS) is 14.0. The lowest BCUT2D eigenvalue weighted by atomic mass is 9.88. The zero-order valence-electron chi connectivity index (χ0n) is 18.6. The molecule has 1 amide bonds. The van der Waals surface area contributed by atoms with Gasteiger partial charge in [-0.05, 0) is 61.1 Å². The minimum atomic E-state index is 0.0257. The third-order valence-electron chi connectivity index (χ3n) is 6.26. The Morgan fingerprint density at radius 1 is 1.24 bits per heavy atom. The van der Waals surface area contributed by atoms with Gasteiger partial charge in [0.1, 0.15) is 5.82 Å². The van der Waals surface area contributed by atoms with Crippen molar-refractivity contribution < 1.29 is 4.79 Å². The highest BCUT2D eigenvalue weighted by molar-refractivity contribution is 6.32. The number of nitrogens with zero attached hydrogens (tertiary/aromatic N) is 3. The van der Waals surface area contributed by atoms with Gasteiger partial charge in [-0.25, -0.2) is 4.98 Å². The summed E-state index contributed by atoms with van der Waals surface area (Å²) in [5, 5.41) is 9.38. The van der Waals surface area contributed by atoms with E-state index in [0.29, 0.717) is 48.1 Å². The van der Waals surface area contributed by atoms with Crippen molar-refractivity contribution in [2.24, 2.45) is 0 Å². The van der Waals surface area contributed by atoms with E-state index in [2.05, 4.69) is 22.0 Å². The third kappa shape index (κ3) is 4.95. The van der Waals surface area contributed by atoms with Gasteiger partial charge in [0.2, 0.25) is 0 Å². The lowest BCUT2D eigenvalue weighted by Gasteiger charge is -2.32. The van der Waals surface area contributed by atoms with E-state index in [0.717, 1.165) is 35.5 Å². The maximum Gasteiger partial charge on any atom is 0.253 e. The van der Waals surface area contributed by atoms with E-state index >= 15 is 0 Å². The fourth-order valence-corrected chi connectivity index (χ4v) is 4.59. The van der Waals surface area contributed by atoms with Crippen molar-refractivity contribution >= 4 is 17.5 Å². The van der Waals surface area contributed by atoms with E-state index < -0.39 is 0 Å². The van der Waals surface area contributed by atoms with Gasteiger partial charge >= 0.3 is 0 Å². The molecule has 0 bridgehead atoms. The Hall–Kier alpha value is -3.54. The number of piperidine rings is 1. The van der Waals surface area contributed by atoms with Crippen LogP contribution in [0.3, 0.4) is 0 Å². The molecule has 1 saturated heterocycles. The van der Waals surface area contributed by atoms with Crippen LogP contribution in [0.1, 0.15) is 58.1 Å². The summed E-state index contributed by atoms with van der Waals surface area (Å²) >= 11 is 6.40. The van der Waals surface area contributed by atoms with Gasteiger partial charge in [-0.3, -0.25) is 4.79 Å². The van der Waals surface area contributed by atoms with E-state index in [9.17, 15) is 4.79 Å². The molecule has 6 heteroatoms. The number of aromatic amines is 1. The second kappa shape index (κ2) is 9.94. The molecule has 1 aromatic heterocycles. The largest absolute Gasteiger partial charge is 0.341 e. The average Bonchev–Trinajstić information content (AvgIpc) is 3.22. The molecule has 1 N–H and O–H groups in total. The Labute approximate surface area is 199 Å². The number of imidazole rings is 1. The summed E-state index contributed by atoms with van der Waals surface area (Å²) in [6.45, 7) is 3.40. The van der Waals surface area contributed by atoms with Crippen molar-refractivity contribution in [1.29, 1.82) is 5.26 Å². The van der Waals surface area contributed by atoms with E-state index in [4.69, 9.17) is 23.3 Å². The highest BCUT2D eigenvalue weighted by Crippen LogP contribution is 2.32. The van der Waals surface area contributed by atoms with Crippen LogP contribution < -0.4 is 0 Å². The first kappa shape index (κ1) is 22.6. The van der Waals surface area contributed by atoms with Crippen LogP contribution in [-0.4, -0.2) is 33.9 Å². The Balaban J connectivity index is 1.48. The van der Waals surface area contributed by atoms with Crippen LogP contribution >= 0.6 is 11.6 Å². The van der Waals surface area contributed by atoms with Gasteiger partial charge in [0.15, 0.2) is 5.15 Å². The molecule has 1 fully saturated rings. The number of nitrogens with one attached hydrogen (secondary N) is 1. The van der Waals surface area contributed by atoms with Crippen LogP contribution in [0.2, 0.25) is 5.15 Å². The number of aryl methyl sites for hydroxylation is 2. The van der Waals surface area contributed by atoms with Crippen molar-refractivity contribution in [2.75, 3.05) is 13.1 Å². The van der Waals surface area contributed by atoms with Gasteiger partial charge in [0.25, 0.3) is 5.91 Å². The topological polar surface area (TPSA) is 72.8 Å². The monoisotopic (exact) mass is 456 g/mol. The van der Waals surface area contributed by atoms with Crippen molar-refractivity contribution in [3.8, 4) is 29.7 Å². The number of rotatable bonds is 5. The van der Waals surface area contributed by atoms with Crippen molar-refractivity contribution in [1.82, 2.24) is 14.9 Å². The Morgan fingerprint density at radius 2 is 1.97 bits per heavy atom. The van der Waals surface area contributed by atoms with Gasteiger partial charge in [0, 0.05) is 37.1 Å². The van der Waals surface area contributed by atoms with Gasteiger partial charge in [-0.15, -0.1) is 12.3 Å².